The first-order valence-electron chi connectivity index (χ1n) is 4.41. The predicted octanol–water partition coefficient (Wildman–Crippen LogP) is 0.948. The zero-order chi connectivity index (χ0) is 12.2. The fourth-order valence-corrected chi connectivity index (χ4v) is 1.11. The van der Waals surface area contributed by atoms with Crippen molar-refractivity contribution in [3.63, 3.8) is 0 Å². The van der Waals surface area contributed by atoms with Gasteiger partial charge in [-0.25, -0.2) is 0 Å². The standard InChI is InChI=1S/C8H10F3N3OS/c9-8(10,11)6-1-3-14(13-6)5-7(15)12-2-4-16/h1,3,16H,2,4-5H2,(H,12,15). The number of alkyl halides is 3. The van der Waals surface area contributed by atoms with Crippen molar-refractivity contribution in [3.8, 4) is 0 Å². The first kappa shape index (κ1) is 12.9. The maximum atomic E-state index is 12.2. The molecule has 0 fully saturated rings. The van der Waals surface area contributed by atoms with Crippen molar-refractivity contribution < 1.29 is 18.0 Å². The van der Waals surface area contributed by atoms with Crippen molar-refractivity contribution >= 4 is 18.5 Å². The second-order valence-corrected chi connectivity index (χ2v) is 3.42. The van der Waals surface area contributed by atoms with Gasteiger partial charge in [0.05, 0.1) is 0 Å². The second-order valence-electron chi connectivity index (χ2n) is 2.97. The first-order valence-corrected chi connectivity index (χ1v) is 5.05. The summed E-state index contributed by atoms with van der Waals surface area (Å²) in [6.07, 6.45) is -3.37. The van der Waals surface area contributed by atoms with Gasteiger partial charge in [0.1, 0.15) is 6.54 Å². The van der Waals surface area contributed by atoms with Gasteiger partial charge in [-0.05, 0) is 6.07 Å². The van der Waals surface area contributed by atoms with Crippen LogP contribution in [0.15, 0.2) is 12.3 Å². The molecule has 1 heterocycles. The van der Waals surface area contributed by atoms with Crippen LogP contribution in [0.1, 0.15) is 5.69 Å². The van der Waals surface area contributed by atoms with E-state index in [2.05, 4.69) is 23.0 Å². The van der Waals surface area contributed by atoms with Gasteiger partial charge < -0.3 is 5.32 Å². The molecule has 0 saturated heterocycles. The number of nitrogens with one attached hydrogen (secondary N) is 1. The van der Waals surface area contributed by atoms with Gasteiger partial charge in [-0.1, -0.05) is 0 Å². The number of amides is 1. The van der Waals surface area contributed by atoms with Gasteiger partial charge in [-0.2, -0.15) is 30.9 Å². The van der Waals surface area contributed by atoms with Crippen LogP contribution in [0.4, 0.5) is 13.2 Å². The van der Waals surface area contributed by atoms with E-state index in [1.165, 1.54) is 0 Å². The second kappa shape index (κ2) is 5.24. The van der Waals surface area contributed by atoms with Crippen LogP contribution in [0.5, 0.6) is 0 Å². The van der Waals surface area contributed by atoms with Crippen molar-refractivity contribution in [1.29, 1.82) is 0 Å². The molecule has 0 aliphatic carbocycles. The first-order chi connectivity index (χ1) is 7.43. The average Bonchev–Trinajstić information content (AvgIpc) is 2.62. The van der Waals surface area contributed by atoms with Crippen molar-refractivity contribution in [2.75, 3.05) is 12.3 Å². The summed E-state index contributed by atoms with van der Waals surface area (Å²) >= 11 is 3.88. The van der Waals surface area contributed by atoms with Gasteiger partial charge in [-0.15, -0.1) is 0 Å². The lowest BCUT2D eigenvalue weighted by molar-refractivity contribution is -0.141. The number of nitrogens with zero attached hydrogens (tertiary/aromatic N) is 2. The highest BCUT2D eigenvalue weighted by Crippen LogP contribution is 2.27. The van der Waals surface area contributed by atoms with Gasteiger partial charge in [-0.3, -0.25) is 9.48 Å². The number of halogens is 3. The van der Waals surface area contributed by atoms with Crippen molar-refractivity contribution in [3.05, 3.63) is 18.0 Å². The molecule has 1 amide bonds. The molecule has 0 saturated carbocycles. The maximum absolute atomic E-state index is 12.2. The van der Waals surface area contributed by atoms with Crippen LogP contribution in [0.3, 0.4) is 0 Å². The van der Waals surface area contributed by atoms with E-state index in [0.717, 1.165) is 16.9 Å². The molecule has 0 spiro atoms. The highest BCUT2D eigenvalue weighted by molar-refractivity contribution is 7.80. The molecule has 0 atom stereocenters. The molecule has 1 aromatic rings. The van der Waals surface area contributed by atoms with E-state index in [1.807, 2.05) is 0 Å². The Morgan fingerprint density at radius 1 is 1.56 bits per heavy atom. The van der Waals surface area contributed by atoms with E-state index >= 15 is 0 Å². The third-order valence-electron chi connectivity index (χ3n) is 1.67. The van der Waals surface area contributed by atoms with Crippen molar-refractivity contribution in [2.24, 2.45) is 0 Å². The number of rotatable bonds is 4. The molecule has 0 unspecified atom stereocenters. The minimum absolute atomic E-state index is 0.232. The topological polar surface area (TPSA) is 46.9 Å². The Morgan fingerprint density at radius 3 is 2.75 bits per heavy atom. The highest BCUT2D eigenvalue weighted by atomic mass is 32.1. The molecule has 0 radical (unpaired) electrons. The van der Waals surface area contributed by atoms with Crippen LogP contribution in [0, 0.1) is 0 Å². The quantitative estimate of drug-likeness (QED) is 0.785. The average molecular weight is 253 g/mol. The zero-order valence-corrected chi connectivity index (χ0v) is 9.05. The van der Waals surface area contributed by atoms with E-state index in [1.54, 1.807) is 0 Å². The largest absolute Gasteiger partial charge is 0.435 e. The Labute approximate surface area is 95.2 Å². The monoisotopic (exact) mass is 253 g/mol. The minimum atomic E-state index is -4.48. The van der Waals surface area contributed by atoms with Gasteiger partial charge in [0, 0.05) is 18.5 Å². The molecule has 0 bridgehead atoms. The summed E-state index contributed by atoms with van der Waals surface area (Å²) in [7, 11) is 0. The fourth-order valence-electron chi connectivity index (χ4n) is 0.999. The lowest BCUT2D eigenvalue weighted by Gasteiger charge is -2.04. The number of hydrogen-bond donors (Lipinski definition) is 2. The Hall–Kier alpha value is -1.18. The van der Waals surface area contributed by atoms with Crippen LogP contribution in [0.2, 0.25) is 0 Å². The molecule has 1 rings (SSSR count). The summed E-state index contributed by atoms with van der Waals surface area (Å²) in [6, 6.07) is 0.825. The third-order valence-corrected chi connectivity index (χ3v) is 1.89. The summed E-state index contributed by atoms with van der Waals surface area (Å²) in [6.45, 7) is 0.138. The number of carbonyl (C=O) groups is 1. The molecular weight excluding hydrogens is 243 g/mol. The molecule has 0 aliphatic heterocycles. The lowest BCUT2D eigenvalue weighted by atomic mass is 10.4. The molecule has 90 valence electrons. The Bertz CT molecular complexity index is 364. The highest BCUT2D eigenvalue weighted by Gasteiger charge is 2.33. The normalized spacial score (nSPS) is 11.5. The predicted molar refractivity (Wildman–Crippen MR) is 54.1 cm³/mol. The summed E-state index contributed by atoms with van der Waals surface area (Å²) < 4.78 is 37.4. The van der Waals surface area contributed by atoms with Crippen LogP contribution >= 0.6 is 12.6 Å². The van der Waals surface area contributed by atoms with Crippen molar-refractivity contribution in [1.82, 2.24) is 15.1 Å². The number of carbonyl (C=O) groups excluding carboxylic acids is 1. The molecule has 16 heavy (non-hydrogen) atoms. The number of aromatic nitrogens is 2. The van der Waals surface area contributed by atoms with E-state index in [4.69, 9.17) is 0 Å². The van der Waals surface area contributed by atoms with E-state index in [9.17, 15) is 18.0 Å². The summed E-state index contributed by atoms with van der Waals surface area (Å²) in [5, 5.41) is 5.71. The molecule has 0 aromatic carbocycles. The minimum Gasteiger partial charge on any atom is -0.354 e. The SMILES string of the molecule is O=C(Cn1ccc(C(F)(F)F)n1)NCCS. The van der Waals surface area contributed by atoms with Crippen LogP contribution in [-0.4, -0.2) is 28.0 Å². The summed E-state index contributed by atoms with van der Waals surface area (Å²) in [4.78, 5) is 11.1. The van der Waals surface area contributed by atoms with Crippen LogP contribution in [0.25, 0.3) is 0 Å². The van der Waals surface area contributed by atoms with Gasteiger partial charge in [0.25, 0.3) is 0 Å². The Balaban J connectivity index is 2.56. The van der Waals surface area contributed by atoms with Crippen LogP contribution in [-0.2, 0) is 17.5 Å². The number of hydrogen-bond acceptors (Lipinski definition) is 3. The summed E-state index contributed by atoms with van der Waals surface area (Å²) in [5.74, 6) is 0.0735. The molecule has 4 nitrogen and oxygen atoms in total. The zero-order valence-electron chi connectivity index (χ0n) is 8.16. The van der Waals surface area contributed by atoms with Gasteiger partial charge in [0.15, 0.2) is 5.69 Å². The van der Waals surface area contributed by atoms with E-state index in [-0.39, 0.29) is 6.54 Å². The van der Waals surface area contributed by atoms with Gasteiger partial charge >= 0.3 is 6.18 Å². The molecular formula is C8H10F3N3OS. The molecule has 1 aromatic heterocycles. The van der Waals surface area contributed by atoms with Crippen LogP contribution < -0.4 is 5.32 Å². The van der Waals surface area contributed by atoms with E-state index < -0.39 is 17.8 Å². The Kier molecular flexibility index (Phi) is 4.22. The summed E-state index contributed by atoms with van der Waals surface area (Å²) in [5.41, 5.74) is -1.01. The molecule has 1 N–H and O–H groups in total. The fraction of sp³-hybridized carbons (Fsp3) is 0.500. The maximum Gasteiger partial charge on any atom is 0.435 e. The van der Waals surface area contributed by atoms with Crippen molar-refractivity contribution in [2.45, 2.75) is 12.7 Å². The number of thiol groups is 1. The third kappa shape index (κ3) is 3.76. The smallest absolute Gasteiger partial charge is 0.354 e. The Morgan fingerprint density at radius 2 is 2.25 bits per heavy atom. The molecule has 0 aliphatic rings. The van der Waals surface area contributed by atoms with Gasteiger partial charge in [0.2, 0.25) is 5.91 Å². The lowest BCUT2D eigenvalue weighted by Crippen LogP contribution is -2.29. The molecule has 8 heteroatoms. The van der Waals surface area contributed by atoms with E-state index in [0.29, 0.717) is 12.3 Å².